The molecule has 88 valence electrons. The third-order valence-corrected chi connectivity index (χ3v) is 3.24. The van der Waals surface area contributed by atoms with Crippen molar-refractivity contribution in [2.24, 2.45) is 4.99 Å². The van der Waals surface area contributed by atoms with Crippen molar-refractivity contribution in [1.82, 2.24) is 5.32 Å². The van der Waals surface area contributed by atoms with Crippen LogP contribution in [0.1, 0.15) is 13.3 Å². The van der Waals surface area contributed by atoms with Gasteiger partial charge in [-0.05, 0) is 13.3 Å². The number of nitrogens with one attached hydrogen (secondary N) is 1. The van der Waals surface area contributed by atoms with Crippen molar-refractivity contribution < 1.29 is 9.47 Å². The average Bonchev–Trinajstić information content (AvgIpc) is 2.24. The van der Waals surface area contributed by atoms with Gasteiger partial charge in [-0.3, -0.25) is 4.99 Å². The maximum absolute atomic E-state index is 5.24. The molecule has 0 saturated carbocycles. The molecule has 5 heteroatoms. The number of thioether (sulfide) groups is 1. The second-order valence-electron chi connectivity index (χ2n) is 3.64. The molecule has 2 atom stereocenters. The van der Waals surface area contributed by atoms with Crippen molar-refractivity contribution in [1.29, 1.82) is 0 Å². The first-order chi connectivity index (χ1) is 7.26. The molecule has 0 radical (unpaired) electrons. The molecule has 1 aliphatic rings. The van der Waals surface area contributed by atoms with Crippen molar-refractivity contribution in [2.75, 3.05) is 33.1 Å². The van der Waals surface area contributed by atoms with Crippen LogP contribution in [0.2, 0.25) is 0 Å². The molecule has 1 fully saturated rings. The van der Waals surface area contributed by atoms with Gasteiger partial charge >= 0.3 is 0 Å². The maximum Gasteiger partial charge on any atom is 0.156 e. The van der Waals surface area contributed by atoms with Crippen molar-refractivity contribution in [2.45, 2.75) is 25.5 Å². The van der Waals surface area contributed by atoms with Gasteiger partial charge in [0, 0.05) is 26.0 Å². The summed E-state index contributed by atoms with van der Waals surface area (Å²) in [6.07, 6.45) is 1.26. The second kappa shape index (κ2) is 7.09. The monoisotopic (exact) mass is 232 g/mol. The summed E-state index contributed by atoms with van der Waals surface area (Å²) in [4.78, 5) is 4.49. The SMILES string of the molecule is COCC(CN=C1NC(C)CCS1)OC. The van der Waals surface area contributed by atoms with Gasteiger partial charge in [-0.2, -0.15) is 0 Å². The highest BCUT2D eigenvalue weighted by atomic mass is 32.2. The molecule has 1 heterocycles. The number of aliphatic imine (C=N–C) groups is 1. The summed E-state index contributed by atoms with van der Waals surface area (Å²) in [7, 11) is 3.36. The summed E-state index contributed by atoms with van der Waals surface area (Å²) < 4.78 is 10.3. The Morgan fingerprint density at radius 1 is 1.60 bits per heavy atom. The van der Waals surface area contributed by atoms with Crippen LogP contribution in [0.4, 0.5) is 0 Å². The normalized spacial score (nSPS) is 26.3. The smallest absolute Gasteiger partial charge is 0.156 e. The van der Waals surface area contributed by atoms with Crippen LogP contribution in [-0.2, 0) is 9.47 Å². The summed E-state index contributed by atoms with van der Waals surface area (Å²) >= 11 is 1.78. The van der Waals surface area contributed by atoms with E-state index in [4.69, 9.17) is 9.47 Å². The number of ether oxygens (including phenoxy) is 2. The molecule has 0 amide bonds. The van der Waals surface area contributed by atoms with E-state index in [1.54, 1.807) is 26.0 Å². The van der Waals surface area contributed by atoms with Crippen molar-refractivity contribution in [3.63, 3.8) is 0 Å². The largest absolute Gasteiger partial charge is 0.382 e. The molecule has 15 heavy (non-hydrogen) atoms. The zero-order valence-electron chi connectivity index (χ0n) is 9.66. The number of hydrogen-bond donors (Lipinski definition) is 1. The molecular weight excluding hydrogens is 212 g/mol. The summed E-state index contributed by atoms with van der Waals surface area (Å²) in [6.45, 7) is 3.43. The van der Waals surface area contributed by atoms with E-state index in [1.165, 1.54) is 6.42 Å². The van der Waals surface area contributed by atoms with Gasteiger partial charge in [-0.15, -0.1) is 0 Å². The Morgan fingerprint density at radius 2 is 2.40 bits per heavy atom. The topological polar surface area (TPSA) is 42.8 Å². The molecule has 1 saturated heterocycles. The van der Waals surface area contributed by atoms with Gasteiger partial charge < -0.3 is 14.8 Å². The summed E-state index contributed by atoms with van der Waals surface area (Å²) in [5.41, 5.74) is 0. The third kappa shape index (κ3) is 4.86. The molecule has 1 N–H and O–H groups in total. The van der Waals surface area contributed by atoms with E-state index in [-0.39, 0.29) is 6.10 Å². The minimum Gasteiger partial charge on any atom is -0.382 e. The Morgan fingerprint density at radius 3 is 3.00 bits per heavy atom. The van der Waals surface area contributed by atoms with Crippen molar-refractivity contribution in [3.05, 3.63) is 0 Å². The molecule has 1 rings (SSSR count). The predicted molar refractivity (Wildman–Crippen MR) is 64.6 cm³/mol. The Bertz CT molecular complexity index is 212. The van der Waals surface area contributed by atoms with E-state index in [2.05, 4.69) is 17.2 Å². The molecule has 4 nitrogen and oxygen atoms in total. The number of nitrogens with zero attached hydrogens (tertiary/aromatic N) is 1. The van der Waals surface area contributed by atoms with E-state index in [1.807, 2.05) is 0 Å². The lowest BCUT2D eigenvalue weighted by Gasteiger charge is -2.22. The fraction of sp³-hybridized carbons (Fsp3) is 0.900. The second-order valence-corrected chi connectivity index (χ2v) is 4.73. The third-order valence-electron chi connectivity index (χ3n) is 2.28. The number of methoxy groups -OCH3 is 2. The average molecular weight is 232 g/mol. The fourth-order valence-electron chi connectivity index (χ4n) is 1.31. The summed E-state index contributed by atoms with van der Waals surface area (Å²) in [6, 6.07) is 0.536. The van der Waals surface area contributed by atoms with E-state index in [0.29, 0.717) is 19.2 Å². The molecular formula is C10H20N2O2S. The quantitative estimate of drug-likeness (QED) is 0.771. The van der Waals surface area contributed by atoms with Crippen molar-refractivity contribution in [3.8, 4) is 0 Å². The highest BCUT2D eigenvalue weighted by Crippen LogP contribution is 2.13. The minimum absolute atomic E-state index is 0.0575. The highest BCUT2D eigenvalue weighted by Gasteiger charge is 2.13. The first kappa shape index (κ1) is 12.8. The molecule has 0 aliphatic carbocycles. The standard InChI is InChI=1S/C10H20N2O2S/c1-8-4-5-15-10(12-8)11-6-9(14-3)7-13-2/h8-9H,4-7H2,1-3H3,(H,11,12). The molecule has 0 bridgehead atoms. The van der Waals surface area contributed by atoms with E-state index >= 15 is 0 Å². The van der Waals surface area contributed by atoms with Gasteiger partial charge in [-0.25, -0.2) is 0 Å². The Balaban J connectivity index is 2.34. The first-order valence-corrected chi connectivity index (χ1v) is 6.20. The summed E-state index contributed by atoms with van der Waals surface area (Å²) in [5, 5.41) is 4.39. The number of amidine groups is 1. The molecule has 0 aromatic heterocycles. The van der Waals surface area contributed by atoms with E-state index < -0.39 is 0 Å². The number of rotatable bonds is 5. The van der Waals surface area contributed by atoms with Crippen LogP contribution in [0.3, 0.4) is 0 Å². The number of hydrogen-bond acceptors (Lipinski definition) is 4. The van der Waals surface area contributed by atoms with Crippen LogP contribution in [0.5, 0.6) is 0 Å². The minimum atomic E-state index is 0.0575. The van der Waals surface area contributed by atoms with Gasteiger partial charge in [0.15, 0.2) is 5.17 Å². The Hall–Kier alpha value is -0.260. The van der Waals surface area contributed by atoms with Gasteiger partial charge in [0.05, 0.1) is 19.3 Å². The van der Waals surface area contributed by atoms with Gasteiger partial charge in [0.25, 0.3) is 0 Å². The predicted octanol–water partition coefficient (Wildman–Crippen LogP) is 1.12. The molecule has 0 aromatic rings. The lowest BCUT2D eigenvalue weighted by molar-refractivity contribution is 0.0344. The Labute approximate surface area is 95.8 Å². The Kier molecular flexibility index (Phi) is 6.05. The molecule has 0 spiro atoms. The first-order valence-electron chi connectivity index (χ1n) is 5.21. The van der Waals surface area contributed by atoms with Crippen LogP contribution in [0.15, 0.2) is 4.99 Å². The summed E-state index contributed by atoms with van der Waals surface area (Å²) in [5.74, 6) is 1.15. The molecule has 2 unspecified atom stereocenters. The molecule has 0 aromatic carbocycles. The van der Waals surface area contributed by atoms with E-state index in [9.17, 15) is 0 Å². The fourth-order valence-corrected chi connectivity index (χ4v) is 2.43. The van der Waals surface area contributed by atoms with Crippen LogP contribution in [-0.4, -0.2) is 50.4 Å². The molecule has 1 aliphatic heterocycles. The van der Waals surface area contributed by atoms with Crippen LogP contribution in [0.25, 0.3) is 0 Å². The zero-order valence-corrected chi connectivity index (χ0v) is 10.5. The van der Waals surface area contributed by atoms with Crippen LogP contribution in [0, 0.1) is 0 Å². The van der Waals surface area contributed by atoms with Gasteiger partial charge in [0.1, 0.15) is 0 Å². The lowest BCUT2D eigenvalue weighted by Crippen LogP contribution is -2.36. The zero-order chi connectivity index (χ0) is 11.1. The van der Waals surface area contributed by atoms with Gasteiger partial charge in [-0.1, -0.05) is 11.8 Å². The van der Waals surface area contributed by atoms with Crippen LogP contribution >= 0.6 is 11.8 Å². The van der Waals surface area contributed by atoms with Crippen molar-refractivity contribution >= 4 is 16.9 Å². The lowest BCUT2D eigenvalue weighted by atomic mass is 10.3. The highest BCUT2D eigenvalue weighted by molar-refractivity contribution is 8.13. The van der Waals surface area contributed by atoms with Gasteiger partial charge in [0.2, 0.25) is 0 Å². The van der Waals surface area contributed by atoms with Crippen LogP contribution < -0.4 is 5.32 Å². The maximum atomic E-state index is 5.24. The van der Waals surface area contributed by atoms with E-state index in [0.717, 1.165) is 10.9 Å².